The Bertz CT molecular complexity index is 897. The van der Waals surface area contributed by atoms with E-state index >= 15 is 0 Å². The Kier molecular flexibility index (Phi) is 5.51. The molecule has 3 rings (SSSR count). The van der Waals surface area contributed by atoms with Crippen LogP contribution in [0.15, 0.2) is 63.8 Å². The summed E-state index contributed by atoms with van der Waals surface area (Å²) in [7, 11) is 2.59. The van der Waals surface area contributed by atoms with Gasteiger partial charge in [0.05, 0.1) is 19.8 Å². The first-order valence-corrected chi connectivity index (χ1v) is 9.15. The van der Waals surface area contributed by atoms with Crippen LogP contribution in [-0.2, 0) is 19.1 Å². The van der Waals surface area contributed by atoms with Crippen LogP contribution >= 0.6 is 11.8 Å². The smallest absolute Gasteiger partial charge is 0.345 e. The zero-order valence-electron chi connectivity index (χ0n) is 15.6. The standard InChI is InChI=1S/C20H20N2O4S/c1-12-7-9-14(10-8-12)18-21-22-11-5-6-13(2)16(22)15(19(23)25-3)17(27-18)20(24)26-4/h5-11,16H,1-4H3. The van der Waals surface area contributed by atoms with Crippen LogP contribution in [0.2, 0.25) is 0 Å². The van der Waals surface area contributed by atoms with Gasteiger partial charge in [-0.2, -0.15) is 5.10 Å². The van der Waals surface area contributed by atoms with E-state index in [-0.39, 0.29) is 10.5 Å². The van der Waals surface area contributed by atoms with Gasteiger partial charge in [0, 0.05) is 11.8 Å². The zero-order chi connectivity index (χ0) is 19.6. The van der Waals surface area contributed by atoms with E-state index < -0.39 is 18.0 Å². The maximum Gasteiger partial charge on any atom is 0.345 e. The summed E-state index contributed by atoms with van der Waals surface area (Å²) in [6.07, 6.45) is 5.51. The van der Waals surface area contributed by atoms with Crippen molar-refractivity contribution in [3.8, 4) is 0 Å². The molecule has 0 fully saturated rings. The van der Waals surface area contributed by atoms with Crippen molar-refractivity contribution in [2.24, 2.45) is 5.10 Å². The van der Waals surface area contributed by atoms with Crippen molar-refractivity contribution in [2.45, 2.75) is 19.9 Å². The molecular weight excluding hydrogens is 364 g/mol. The monoisotopic (exact) mass is 384 g/mol. The van der Waals surface area contributed by atoms with E-state index in [9.17, 15) is 9.59 Å². The third-order valence-electron chi connectivity index (χ3n) is 4.29. The van der Waals surface area contributed by atoms with E-state index in [4.69, 9.17) is 14.6 Å². The molecule has 0 bridgehead atoms. The SMILES string of the molecule is COC(=O)C1=C(C(=O)OC)C2C(C)=CC=CN2N=C(c2ccc(C)cc2)S1. The van der Waals surface area contributed by atoms with Crippen molar-refractivity contribution < 1.29 is 19.1 Å². The number of aryl methyl sites for hydroxylation is 1. The molecule has 2 aliphatic rings. The van der Waals surface area contributed by atoms with Crippen molar-refractivity contribution in [1.82, 2.24) is 5.01 Å². The maximum absolute atomic E-state index is 12.6. The number of hydrogen-bond donors (Lipinski definition) is 0. The van der Waals surface area contributed by atoms with Gasteiger partial charge in [-0.15, -0.1) is 0 Å². The van der Waals surface area contributed by atoms with E-state index in [1.165, 1.54) is 14.2 Å². The van der Waals surface area contributed by atoms with E-state index in [1.807, 2.05) is 50.3 Å². The number of hydrazone groups is 1. The lowest BCUT2D eigenvalue weighted by molar-refractivity contribution is -0.139. The van der Waals surface area contributed by atoms with E-state index in [2.05, 4.69) is 0 Å². The second-order valence-electron chi connectivity index (χ2n) is 6.13. The van der Waals surface area contributed by atoms with Gasteiger partial charge < -0.3 is 9.47 Å². The number of rotatable bonds is 3. The van der Waals surface area contributed by atoms with Crippen molar-refractivity contribution in [3.05, 3.63) is 69.8 Å². The van der Waals surface area contributed by atoms with Crippen LogP contribution in [0.4, 0.5) is 0 Å². The molecule has 1 unspecified atom stereocenters. The number of carbonyl (C=O) groups excluding carboxylic acids is 2. The molecule has 7 heteroatoms. The van der Waals surface area contributed by atoms with Gasteiger partial charge in [0.25, 0.3) is 0 Å². The minimum atomic E-state index is -0.593. The van der Waals surface area contributed by atoms with Crippen molar-refractivity contribution >= 4 is 28.7 Å². The minimum absolute atomic E-state index is 0.180. The molecule has 1 aromatic rings. The first-order valence-electron chi connectivity index (χ1n) is 8.34. The van der Waals surface area contributed by atoms with E-state index in [0.717, 1.165) is 28.5 Å². The first-order chi connectivity index (χ1) is 13.0. The fraction of sp³-hybridized carbons (Fsp3) is 0.250. The van der Waals surface area contributed by atoms with Crippen LogP contribution in [0.25, 0.3) is 0 Å². The Hall–Kier alpha value is -2.80. The van der Waals surface area contributed by atoms with Crippen LogP contribution in [0.1, 0.15) is 18.1 Å². The molecule has 0 spiro atoms. The van der Waals surface area contributed by atoms with Gasteiger partial charge in [-0.05, 0) is 25.5 Å². The highest BCUT2D eigenvalue weighted by Gasteiger charge is 2.38. The largest absolute Gasteiger partial charge is 0.466 e. The Labute approximate surface area is 162 Å². The highest BCUT2D eigenvalue weighted by atomic mass is 32.2. The second-order valence-corrected chi connectivity index (χ2v) is 7.13. The first kappa shape index (κ1) is 19.0. The molecule has 0 amide bonds. The van der Waals surface area contributed by atoms with Gasteiger partial charge in [-0.3, -0.25) is 5.01 Å². The third-order valence-corrected chi connectivity index (χ3v) is 5.39. The molecule has 27 heavy (non-hydrogen) atoms. The summed E-state index contributed by atoms with van der Waals surface area (Å²) in [5.74, 6) is -1.18. The van der Waals surface area contributed by atoms with E-state index in [1.54, 1.807) is 11.2 Å². The molecule has 1 aromatic carbocycles. The molecule has 1 atom stereocenters. The molecule has 2 heterocycles. The highest BCUT2D eigenvalue weighted by Crippen LogP contribution is 2.37. The summed E-state index contributed by atoms with van der Waals surface area (Å²) < 4.78 is 9.93. The predicted octanol–water partition coefficient (Wildman–Crippen LogP) is 3.15. The summed E-state index contributed by atoms with van der Waals surface area (Å²) in [5.41, 5.74) is 3.05. The van der Waals surface area contributed by atoms with Crippen LogP contribution in [0.3, 0.4) is 0 Å². The highest BCUT2D eigenvalue weighted by molar-refractivity contribution is 8.18. The molecule has 0 saturated heterocycles. The average molecular weight is 384 g/mol. The van der Waals surface area contributed by atoms with Crippen LogP contribution in [0.5, 0.6) is 0 Å². The summed E-state index contributed by atoms with van der Waals surface area (Å²) in [4.78, 5) is 25.3. The molecule has 0 aromatic heterocycles. The number of allylic oxidation sites excluding steroid dienone is 2. The molecule has 0 saturated carbocycles. The predicted molar refractivity (Wildman–Crippen MR) is 105 cm³/mol. The number of ether oxygens (including phenoxy) is 2. The maximum atomic E-state index is 12.6. The summed E-state index contributed by atoms with van der Waals surface area (Å²) in [6.45, 7) is 3.88. The van der Waals surface area contributed by atoms with Gasteiger partial charge in [-0.25, -0.2) is 9.59 Å². The fourth-order valence-electron chi connectivity index (χ4n) is 2.89. The van der Waals surface area contributed by atoms with Gasteiger partial charge in [0.2, 0.25) is 0 Å². The summed E-state index contributed by atoms with van der Waals surface area (Å²) >= 11 is 1.12. The summed E-state index contributed by atoms with van der Waals surface area (Å²) in [6, 6.07) is 7.28. The minimum Gasteiger partial charge on any atom is -0.466 e. The number of methoxy groups -OCH3 is 2. The molecule has 0 radical (unpaired) electrons. The quantitative estimate of drug-likeness (QED) is 0.746. The molecule has 2 aliphatic heterocycles. The number of nitrogens with zero attached hydrogens (tertiary/aromatic N) is 2. The second kappa shape index (κ2) is 7.84. The molecular formula is C20H20N2O4S. The normalized spacial score (nSPS) is 19.0. The Morgan fingerprint density at radius 2 is 1.74 bits per heavy atom. The van der Waals surface area contributed by atoms with Gasteiger partial charge in [0.1, 0.15) is 16.0 Å². The Balaban J connectivity index is 2.21. The lowest BCUT2D eigenvalue weighted by Crippen LogP contribution is -2.35. The van der Waals surface area contributed by atoms with Crippen LogP contribution < -0.4 is 0 Å². The number of esters is 2. The molecule has 140 valence electrons. The van der Waals surface area contributed by atoms with Gasteiger partial charge in [0.15, 0.2) is 0 Å². The van der Waals surface area contributed by atoms with Crippen molar-refractivity contribution in [1.29, 1.82) is 0 Å². The number of benzene rings is 1. The summed E-state index contributed by atoms with van der Waals surface area (Å²) in [5, 5.41) is 6.99. The fourth-order valence-corrected chi connectivity index (χ4v) is 3.95. The third kappa shape index (κ3) is 3.68. The van der Waals surface area contributed by atoms with Crippen LogP contribution in [-0.4, -0.2) is 42.3 Å². The molecule has 0 aliphatic carbocycles. The number of thioether (sulfide) groups is 1. The van der Waals surface area contributed by atoms with Gasteiger partial charge >= 0.3 is 11.9 Å². The van der Waals surface area contributed by atoms with Gasteiger partial charge in [-0.1, -0.05) is 47.7 Å². The average Bonchev–Trinajstić information content (AvgIpc) is 2.85. The molecule has 6 nitrogen and oxygen atoms in total. The lowest BCUT2D eigenvalue weighted by atomic mass is 9.96. The zero-order valence-corrected chi connectivity index (χ0v) is 16.4. The Morgan fingerprint density at radius 1 is 1.07 bits per heavy atom. The molecule has 0 N–H and O–H groups in total. The lowest BCUT2D eigenvalue weighted by Gasteiger charge is -2.29. The van der Waals surface area contributed by atoms with Crippen molar-refractivity contribution in [3.63, 3.8) is 0 Å². The Morgan fingerprint density at radius 3 is 2.37 bits per heavy atom. The number of carbonyl (C=O) groups is 2. The van der Waals surface area contributed by atoms with Crippen LogP contribution in [0, 0.1) is 6.92 Å². The topological polar surface area (TPSA) is 68.2 Å². The van der Waals surface area contributed by atoms with Crippen molar-refractivity contribution in [2.75, 3.05) is 14.2 Å². The number of hydrogen-bond acceptors (Lipinski definition) is 7. The number of fused-ring (bicyclic) bond motifs is 1. The van der Waals surface area contributed by atoms with E-state index in [0.29, 0.717) is 5.04 Å².